The molecule has 1 heterocycles. The van der Waals surface area contributed by atoms with E-state index in [2.05, 4.69) is 182 Å². The van der Waals surface area contributed by atoms with E-state index in [1.54, 1.807) is 0 Å². The van der Waals surface area contributed by atoms with Crippen LogP contribution in [0.2, 0.25) is 0 Å². The molecule has 0 unspecified atom stereocenters. The molecule has 0 amide bonds. The highest BCUT2D eigenvalue weighted by Crippen LogP contribution is 2.36. The first-order valence-electron chi connectivity index (χ1n) is 15.7. The van der Waals surface area contributed by atoms with Crippen molar-refractivity contribution in [3.05, 3.63) is 188 Å². The van der Waals surface area contributed by atoms with E-state index >= 15 is 0 Å². The second-order valence-corrected chi connectivity index (χ2v) is 11.7. The summed E-state index contributed by atoms with van der Waals surface area (Å²) in [5, 5.41) is 2.36. The van der Waals surface area contributed by atoms with Crippen molar-refractivity contribution in [2.75, 3.05) is 0 Å². The fourth-order valence-electron chi connectivity index (χ4n) is 6.34. The molecule has 1 aromatic heterocycles. The molecule has 0 bridgehead atoms. The van der Waals surface area contributed by atoms with Gasteiger partial charge in [0, 0.05) is 17.1 Å². The van der Waals surface area contributed by atoms with Crippen LogP contribution in [0.4, 0.5) is 0 Å². The van der Waals surface area contributed by atoms with Crippen LogP contribution in [0.25, 0.3) is 77.7 Å². The highest BCUT2D eigenvalue weighted by atomic mass is 14.7. The molecule has 1 nitrogen and oxygen atoms in total. The molecule has 0 saturated heterocycles. The Kier molecular flexibility index (Phi) is 7.26. The van der Waals surface area contributed by atoms with Gasteiger partial charge in [-0.2, -0.15) is 0 Å². The van der Waals surface area contributed by atoms with Gasteiger partial charge in [-0.05, 0) is 103 Å². The minimum Gasteiger partial charge on any atom is -0.256 e. The lowest BCUT2D eigenvalue weighted by molar-refractivity contribution is 1.36. The monoisotopic (exact) mass is 585 g/mol. The normalized spacial score (nSPS) is 11.0. The third-order valence-corrected chi connectivity index (χ3v) is 8.68. The van der Waals surface area contributed by atoms with Gasteiger partial charge in [0.1, 0.15) is 0 Å². The van der Waals surface area contributed by atoms with Gasteiger partial charge >= 0.3 is 0 Å². The van der Waals surface area contributed by atoms with Crippen molar-refractivity contribution in [3.63, 3.8) is 0 Å². The lowest BCUT2D eigenvalue weighted by Gasteiger charge is -2.13. The van der Waals surface area contributed by atoms with Crippen molar-refractivity contribution >= 4 is 10.8 Å². The molecule has 46 heavy (non-hydrogen) atoms. The van der Waals surface area contributed by atoms with E-state index in [1.165, 1.54) is 61.0 Å². The number of hydrogen-bond donors (Lipinski definition) is 0. The topological polar surface area (TPSA) is 12.9 Å². The van der Waals surface area contributed by atoms with Gasteiger partial charge in [0.2, 0.25) is 0 Å². The molecular weight excluding hydrogens is 555 g/mol. The average molecular weight is 586 g/mol. The van der Waals surface area contributed by atoms with Gasteiger partial charge in [-0.15, -0.1) is 0 Å². The molecular formula is C45H31N. The second-order valence-electron chi connectivity index (χ2n) is 11.7. The summed E-state index contributed by atoms with van der Waals surface area (Å²) in [7, 11) is 0. The van der Waals surface area contributed by atoms with Gasteiger partial charge < -0.3 is 0 Å². The average Bonchev–Trinajstić information content (AvgIpc) is 3.15. The van der Waals surface area contributed by atoms with Crippen LogP contribution in [0.15, 0.2) is 188 Å². The standard InChI is InChI=1S/C45H31N/c1-3-12-32(13-4-1)35-17-9-20-38(26-35)42-29-41(33-14-5-2-6-15-33)30-43(31-42)39-21-10-18-36(27-39)37-19-11-22-40(28-37)45-44-23-8-7-16-34(44)24-25-46-45/h1-31H. The molecule has 7 aromatic carbocycles. The molecule has 8 aromatic rings. The van der Waals surface area contributed by atoms with E-state index in [0.717, 1.165) is 16.6 Å². The summed E-state index contributed by atoms with van der Waals surface area (Å²) in [6, 6.07) is 65.2. The summed E-state index contributed by atoms with van der Waals surface area (Å²) in [6.45, 7) is 0. The van der Waals surface area contributed by atoms with Crippen molar-refractivity contribution in [1.29, 1.82) is 0 Å². The van der Waals surface area contributed by atoms with Crippen LogP contribution in [-0.4, -0.2) is 4.98 Å². The van der Waals surface area contributed by atoms with Crippen molar-refractivity contribution in [3.8, 4) is 66.9 Å². The predicted molar refractivity (Wildman–Crippen MR) is 194 cm³/mol. The molecule has 0 aliphatic carbocycles. The molecule has 8 rings (SSSR count). The van der Waals surface area contributed by atoms with Gasteiger partial charge in [0.15, 0.2) is 0 Å². The molecule has 0 aliphatic rings. The van der Waals surface area contributed by atoms with Crippen LogP contribution in [0.1, 0.15) is 0 Å². The Balaban J connectivity index is 1.22. The van der Waals surface area contributed by atoms with Crippen molar-refractivity contribution < 1.29 is 0 Å². The second kappa shape index (κ2) is 12.1. The fraction of sp³-hybridized carbons (Fsp3) is 0. The maximum atomic E-state index is 4.78. The Bertz CT molecular complexity index is 2300. The van der Waals surface area contributed by atoms with E-state index in [0.29, 0.717) is 0 Å². The van der Waals surface area contributed by atoms with Crippen LogP contribution < -0.4 is 0 Å². The molecule has 0 N–H and O–H groups in total. The van der Waals surface area contributed by atoms with E-state index in [1.807, 2.05) is 6.20 Å². The van der Waals surface area contributed by atoms with Crippen molar-refractivity contribution in [1.82, 2.24) is 4.98 Å². The zero-order valence-corrected chi connectivity index (χ0v) is 25.3. The number of hydrogen-bond acceptors (Lipinski definition) is 1. The maximum Gasteiger partial charge on any atom is 0.0780 e. The number of aromatic nitrogens is 1. The maximum absolute atomic E-state index is 4.78. The molecule has 0 saturated carbocycles. The highest BCUT2D eigenvalue weighted by Gasteiger charge is 2.11. The lowest BCUT2D eigenvalue weighted by atomic mass is 9.91. The Hall–Kier alpha value is -6.05. The van der Waals surface area contributed by atoms with Crippen LogP contribution in [0.3, 0.4) is 0 Å². The summed E-state index contributed by atoms with van der Waals surface area (Å²) in [6.07, 6.45) is 1.90. The number of fused-ring (bicyclic) bond motifs is 1. The number of rotatable bonds is 6. The van der Waals surface area contributed by atoms with Crippen LogP contribution >= 0.6 is 0 Å². The minimum absolute atomic E-state index is 1.01. The first-order chi connectivity index (χ1) is 22.8. The zero-order chi connectivity index (χ0) is 30.7. The summed E-state index contributed by atoms with van der Waals surface area (Å²) in [5.41, 5.74) is 14.1. The van der Waals surface area contributed by atoms with Gasteiger partial charge in [-0.25, -0.2) is 0 Å². The third kappa shape index (κ3) is 5.51. The largest absolute Gasteiger partial charge is 0.256 e. The Morgan fingerprint density at radius 2 is 0.630 bits per heavy atom. The molecule has 0 aliphatic heterocycles. The quantitative estimate of drug-likeness (QED) is 0.189. The van der Waals surface area contributed by atoms with Crippen LogP contribution in [0, 0.1) is 0 Å². The van der Waals surface area contributed by atoms with Crippen molar-refractivity contribution in [2.24, 2.45) is 0 Å². The zero-order valence-electron chi connectivity index (χ0n) is 25.3. The van der Waals surface area contributed by atoms with Gasteiger partial charge in [-0.1, -0.05) is 140 Å². The first kappa shape index (κ1) is 27.5. The molecule has 216 valence electrons. The number of pyridine rings is 1. The van der Waals surface area contributed by atoms with Crippen LogP contribution in [-0.2, 0) is 0 Å². The molecule has 0 spiro atoms. The van der Waals surface area contributed by atoms with Crippen LogP contribution in [0.5, 0.6) is 0 Å². The van der Waals surface area contributed by atoms with Crippen molar-refractivity contribution in [2.45, 2.75) is 0 Å². The van der Waals surface area contributed by atoms with Gasteiger partial charge in [0.25, 0.3) is 0 Å². The first-order valence-corrected chi connectivity index (χ1v) is 15.7. The number of nitrogens with zero attached hydrogens (tertiary/aromatic N) is 1. The third-order valence-electron chi connectivity index (χ3n) is 8.68. The summed E-state index contributed by atoms with van der Waals surface area (Å²) in [4.78, 5) is 4.78. The highest BCUT2D eigenvalue weighted by molar-refractivity contribution is 5.95. The number of benzene rings is 7. The molecule has 0 fully saturated rings. The van der Waals surface area contributed by atoms with Gasteiger partial charge in [0.05, 0.1) is 5.69 Å². The van der Waals surface area contributed by atoms with E-state index in [4.69, 9.17) is 4.98 Å². The summed E-state index contributed by atoms with van der Waals surface area (Å²) < 4.78 is 0. The predicted octanol–water partition coefficient (Wildman–Crippen LogP) is 12.2. The molecule has 0 atom stereocenters. The minimum atomic E-state index is 1.01. The lowest BCUT2D eigenvalue weighted by Crippen LogP contribution is -1.89. The molecule has 1 heteroatoms. The summed E-state index contributed by atoms with van der Waals surface area (Å²) >= 11 is 0. The Morgan fingerprint density at radius 1 is 0.261 bits per heavy atom. The fourth-order valence-corrected chi connectivity index (χ4v) is 6.34. The molecule has 0 radical (unpaired) electrons. The Morgan fingerprint density at radius 3 is 1.22 bits per heavy atom. The van der Waals surface area contributed by atoms with E-state index < -0.39 is 0 Å². The SMILES string of the molecule is c1ccc(-c2cccc(-c3cc(-c4ccccc4)cc(-c4cccc(-c5cccc(-c6nccc7ccccc67)c5)c4)c3)c2)cc1. The van der Waals surface area contributed by atoms with Gasteiger partial charge in [-0.3, -0.25) is 4.98 Å². The Labute approximate surface area is 270 Å². The smallest absolute Gasteiger partial charge is 0.0780 e. The van der Waals surface area contributed by atoms with E-state index in [9.17, 15) is 0 Å². The van der Waals surface area contributed by atoms with E-state index in [-0.39, 0.29) is 0 Å². The summed E-state index contributed by atoms with van der Waals surface area (Å²) in [5.74, 6) is 0.